The van der Waals surface area contributed by atoms with Crippen LogP contribution in [0.3, 0.4) is 0 Å². The zero-order valence-corrected chi connectivity index (χ0v) is 14.7. The zero-order valence-electron chi connectivity index (χ0n) is 13.1. The van der Waals surface area contributed by atoms with E-state index in [1.54, 1.807) is 18.3 Å². The summed E-state index contributed by atoms with van der Waals surface area (Å²) in [6, 6.07) is 3.30. The molecule has 0 saturated heterocycles. The molecule has 11 heteroatoms. The van der Waals surface area contributed by atoms with Gasteiger partial charge < -0.3 is 9.72 Å². The predicted octanol–water partition coefficient (Wildman–Crippen LogP) is 1.80. The zero-order chi connectivity index (χ0) is 18.8. The van der Waals surface area contributed by atoms with Gasteiger partial charge in [-0.25, -0.2) is 4.79 Å². The van der Waals surface area contributed by atoms with Gasteiger partial charge in [-0.15, -0.1) is 0 Å². The quantitative estimate of drug-likeness (QED) is 0.298. The maximum Gasteiger partial charge on any atom is 0.398 e. The molecular weight excluding hydrogens is 385 g/mol. The van der Waals surface area contributed by atoms with Crippen LogP contribution in [0.2, 0.25) is 10.0 Å². The summed E-state index contributed by atoms with van der Waals surface area (Å²) in [7, 11) is 1.05. The second kappa shape index (κ2) is 7.06. The van der Waals surface area contributed by atoms with Gasteiger partial charge >= 0.3 is 11.9 Å². The van der Waals surface area contributed by atoms with Crippen molar-refractivity contribution in [2.24, 2.45) is 0 Å². The molecule has 1 aromatic carbocycles. The molecule has 9 nitrogen and oxygen atoms in total. The van der Waals surface area contributed by atoms with E-state index in [1.807, 2.05) is 5.43 Å². The molecule has 0 aliphatic heterocycles. The second-order valence-electron chi connectivity index (χ2n) is 5.05. The van der Waals surface area contributed by atoms with Gasteiger partial charge in [-0.3, -0.25) is 25.5 Å². The number of ether oxygens (including phenoxy) is 1. The van der Waals surface area contributed by atoms with Crippen LogP contribution in [0.5, 0.6) is 0 Å². The summed E-state index contributed by atoms with van der Waals surface area (Å²) in [4.78, 5) is 37.9. The number of hydrazine groups is 1. The summed E-state index contributed by atoms with van der Waals surface area (Å²) in [5.41, 5.74) is 5.74. The first-order valence-electron chi connectivity index (χ1n) is 7.11. The van der Waals surface area contributed by atoms with Gasteiger partial charge in [-0.05, 0) is 6.07 Å². The normalized spacial score (nSPS) is 10.6. The molecule has 0 unspecified atom stereocenters. The number of methoxy groups -OCH3 is 1. The number of rotatable bonds is 2. The molecule has 0 aliphatic rings. The van der Waals surface area contributed by atoms with E-state index < -0.39 is 17.8 Å². The van der Waals surface area contributed by atoms with Crippen molar-refractivity contribution in [2.45, 2.75) is 0 Å². The number of H-pyrrole nitrogens is 2. The van der Waals surface area contributed by atoms with Crippen molar-refractivity contribution in [1.29, 1.82) is 0 Å². The molecule has 26 heavy (non-hydrogen) atoms. The van der Waals surface area contributed by atoms with E-state index >= 15 is 0 Å². The Morgan fingerprint density at radius 3 is 2.62 bits per heavy atom. The minimum atomic E-state index is -1.15. The standard InChI is InChI=1S/C15H11Cl2N5O4/c1-26-15(25)14(24)22-21-13(23)12-9(6-4-18-19-5-6)7-2-3-8(16)10(17)11(7)20-12/h2-5,20H,1H3,(H,18,19)(H,21,23)(H,22,24). The van der Waals surface area contributed by atoms with Crippen LogP contribution in [-0.2, 0) is 14.3 Å². The highest BCUT2D eigenvalue weighted by Crippen LogP contribution is 2.38. The molecule has 0 spiro atoms. The number of nitrogens with zero attached hydrogens (tertiary/aromatic N) is 1. The third-order valence-corrected chi connectivity index (χ3v) is 4.34. The van der Waals surface area contributed by atoms with Gasteiger partial charge in [-0.1, -0.05) is 29.3 Å². The molecular formula is C15H11Cl2N5O4. The molecule has 4 N–H and O–H groups in total. The Labute approximate surface area is 156 Å². The lowest BCUT2D eigenvalue weighted by molar-refractivity contribution is -0.153. The molecule has 0 atom stereocenters. The summed E-state index contributed by atoms with van der Waals surface area (Å²) >= 11 is 12.2. The van der Waals surface area contributed by atoms with Crippen molar-refractivity contribution in [3.8, 4) is 11.1 Å². The minimum Gasteiger partial charge on any atom is -0.462 e. The average Bonchev–Trinajstić information content (AvgIpc) is 3.29. The average molecular weight is 396 g/mol. The third kappa shape index (κ3) is 3.09. The second-order valence-corrected chi connectivity index (χ2v) is 5.83. The van der Waals surface area contributed by atoms with Crippen LogP contribution in [0.1, 0.15) is 10.5 Å². The number of aromatic amines is 2. The smallest absolute Gasteiger partial charge is 0.398 e. The predicted molar refractivity (Wildman–Crippen MR) is 93.5 cm³/mol. The topological polar surface area (TPSA) is 129 Å². The lowest BCUT2D eigenvalue weighted by Crippen LogP contribution is -2.45. The molecule has 0 fully saturated rings. The van der Waals surface area contributed by atoms with E-state index in [9.17, 15) is 14.4 Å². The first kappa shape index (κ1) is 17.8. The van der Waals surface area contributed by atoms with Crippen molar-refractivity contribution in [2.75, 3.05) is 7.11 Å². The van der Waals surface area contributed by atoms with Crippen LogP contribution in [0, 0.1) is 0 Å². The van der Waals surface area contributed by atoms with E-state index in [0.717, 1.165) is 7.11 Å². The molecule has 3 rings (SSSR count). The number of carbonyl (C=O) groups is 3. The Kier molecular flexibility index (Phi) is 4.83. The van der Waals surface area contributed by atoms with Gasteiger partial charge in [0.15, 0.2) is 0 Å². The lowest BCUT2D eigenvalue weighted by atomic mass is 10.0. The molecule has 0 aliphatic carbocycles. The fourth-order valence-electron chi connectivity index (χ4n) is 2.38. The fourth-order valence-corrected chi connectivity index (χ4v) is 2.75. The van der Waals surface area contributed by atoms with Crippen LogP contribution < -0.4 is 10.9 Å². The molecule has 3 aromatic rings. The number of benzene rings is 1. The molecule has 134 valence electrons. The summed E-state index contributed by atoms with van der Waals surface area (Å²) in [6.45, 7) is 0. The number of esters is 1. The van der Waals surface area contributed by atoms with Crippen LogP contribution in [0.15, 0.2) is 24.5 Å². The summed E-state index contributed by atoms with van der Waals surface area (Å²) < 4.78 is 4.25. The molecule has 2 amide bonds. The minimum absolute atomic E-state index is 0.0933. The Balaban J connectivity index is 2.03. The first-order chi connectivity index (χ1) is 12.4. The van der Waals surface area contributed by atoms with E-state index in [1.165, 1.54) is 6.20 Å². The lowest BCUT2D eigenvalue weighted by Gasteiger charge is -2.06. The number of halogens is 2. The number of hydrogen-bond acceptors (Lipinski definition) is 5. The van der Waals surface area contributed by atoms with Gasteiger partial charge in [-0.2, -0.15) is 5.10 Å². The van der Waals surface area contributed by atoms with Crippen molar-refractivity contribution < 1.29 is 19.1 Å². The molecule has 2 aromatic heterocycles. The highest BCUT2D eigenvalue weighted by Gasteiger charge is 2.23. The maximum atomic E-state index is 12.5. The van der Waals surface area contributed by atoms with Crippen LogP contribution >= 0.6 is 23.2 Å². The van der Waals surface area contributed by atoms with Crippen molar-refractivity contribution in [1.82, 2.24) is 26.0 Å². The number of nitrogens with one attached hydrogen (secondary N) is 4. The van der Waals surface area contributed by atoms with E-state index in [2.05, 4.69) is 25.3 Å². The van der Waals surface area contributed by atoms with Gasteiger partial charge in [0.25, 0.3) is 5.91 Å². The number of aromatic nitrogens is 3. The molecule has 0 radical (unpaired) electrons. The maximum absolute atomic E-state index is 12.5. The van der Waals surface area contributed by atoms with Crippen molar-refractivity contribution >= 4 is 51.9 Å². The Morgan fingerprint density at radius 2 is 1.96 bits per heavy atom. The Bertz CT molecular complexity index is 1010. The van der Waals surface area contributed by atoms with Crippen LogP contribution in [0.25, 0.3) is 22.0 Å². The fraction of sp³-hybridized carbons (Fsp3) is 0.0667. The number of hydrogen-bond donors (Lipinski definition) is 4. The summed E-state index contributed by atoms with van der Waals surface area (Å²) in [5, 5.41) is 7.72. The van der Waals surface area contributed by atoms with Gasteiger partial charge in [0, 0.05) is 22.7 Å². The Morgan fingerprint density at radius 1 is 1.19 bits per heavy atom. The number of amides is 2. The van der Waals surface area contributed by atoms with Crippen LogP contribution in [0.4, 0.5) is 0 Å². The monoisotopic (exact) mass is 395 g/mol. The summed E-state index contributed by atoms with van der Waals surface area (Å²) in [6.07, 6.45) is 3.11. The Hall–Kier alpha value is -3.04. The highest BCUT2D eigenvalue weighted by atomic mass is 35.5. The van der Waals surface area contributed by atoms with E-state index in [4.69, 9.17) is 23.2 Å². The van der Waals surface area contributed by atoms with Crippen LogP contribution in [-0.4, -0.2) is 40.1 Å². The highest BCUT2D eigenvalue weighted by molar-refractivity contribution is 6.45. The van der Waals surface area contributed by atoms with Gasteiger partial charge in [0.2, 0.25) is 0 Å². The van der Waals surface area contributed by atoms with Gasteiger partial charge in [0.1, 0.15) is 5.69 Å². The third-order valence-electron chi connectivity index (χ3n) is 3.54. The molecule has 0 saturated carbocycles. The summed E-state index contributed by atoms with van der Waals surface area (Å²) in [5.74, 6) is -2.98. The largest absolute Gasteiger partial charge is 0.462 e. The van der Waals surface area contributed by atoms with Gasteiger partial charge in [0.05, 0.1) is 28.9 Å². The number of carbonyl (C=O) groups excluding carboxylic acids is 3. The van der Waals surface area contributed by atoms with Crippen molar-refractivity contribution in [3.05, 3.63) is 40.3 Å². The first-order valence-corrected chi connectivity index (χ1v) is 7.87. The van der Waals surface area contributed by atoms with E-state index in [-0.39, 0.29) is 10.7 Å². The van der Waals surface area contributed by atoms with Crippen molar-refractivity contribution in [3.63, 3.8) is 0 Å². The number of fused-ring (bicyclic) bond motifs is 1. The molecule has 0 bridgehead atoms. The SMILES string of the molecule is COC(=O)C(=O)NNC(=O)c1[nH]c2c(Cl)c(Cl)ccc2c1-c1cn[nH]c1. The molecule has 2 heterocycles. The van der Waals surface area contributed by atoms with E-state index in [0.29, 0.717) is 27.1 Å².